The Hall–Kier alpha value is -3.35. The fourth-order valence-electron chi connectivity index (χ4n) is 1.97. The Morgan fingerprint density at radius 3 is 2.62 bits per heavy atom. The van der Waals surface area contributed by atoms with Crippen LogP contribution in [0.5, 0.6) is 0 Å². The number of amidine groups is 2. The monoisotopic (exact) mass is 323 g/mol. The number of aliphatic imine (C=N–C) groups is 2. The second-order valence-electron chi connectivity index (χ2n) is 4.82. The molecule has 0 saturated heterocycles. The van der Waals surface area contributed by atoms with E-state index < -0.39 is 0 Å². The highest BCUT2D eigenvalue weighted by atomic mass is 19.1. The Balaban J connectivity index is 1.93. The third-order valence-corrected chi connectivity index (χ3v) is 3.17. The Morgan fingerprint density at radius 1 is 1.08 bits per heavy atom. The van der Waals surface area contributed by atoms with Gasteiger partial charge < -0.3 is 10.2 Å². The summed E-state index contributed by atoms with van der Waals surface area (Å²) in [6, 6.07) is 11.7. The molecule has 120 valence electrons. The van der Waals surface area contributed by atoms with E-state index in [1.54, 1.807) is 42.6 Å². The molecule has 1 aromatic carbocycles. The van der Waals surface area contributed by atoms with Gasteiger partial charge in [-0.15, -0.1) is 0 Å². The van der Waals surface area contributed by atoms with Gasteiger partial charge in [0, 0.05) is 11.8 Å². The van der Waals surface area contributed by atoms with E-state index in [1.165, 1.54) is 18.7 Å². The number of oxazole rings is 1. The third kappa shape index (κ3) is 3.70. The minimum Gasteiger partial charge on any atom is -0.451 e. The lowest BCUT2D eigenvalue weighted by atomic mass is 10.2. The highest BCUT2D eigenvalue weighted by Crippen LogP contribution is 2.10. The molecule has 24 heavy (non-hydrogen) atoms. The lowest BCUT2D eigenvalue weighted by molar-refractivity contribution is 0.557. The maximum absolute atomic E-state index is 13.7. The summed E-state index contributed by atoms with van der Waals surface area (Å²) in [6.45, 7) is 0.105. The molecule has 0 spiro atoms. The zero-order valence-corrected chi connectivity index (χ0v) is 12.6. The van der Waals surface area contributed by atoms with Gasteiger partial charge >= 0.3 is 0 Å². The van der Waals surface area contributed by atoms with Crippen molar-refractivity contribution in [3.63, 3.8) is 0 Å². The molecule has 3 rings (SSSR count). The topological polar surface area (TPSA) is 89.7 Å². The number of nitrogens with two attached hydrogens (primary N) is 1. The predicted octanol–water partition coefficient (Wildman–Crippen LogP) is 2.56. The number of benzene rings is 1. The molecular weight excluding hydrogens is 309 g/mol. The van der Waals surface area contributed by atoms with E-state index in [9.17, 15) is 4.39 Å². The zero-order chi connectivity index (χ0) is 16.8. The molecule has 0 amide bonds. The second-order valence-corrected chi connectivity index (χ2v) is 4.82. The van der Waals surface area contributed by atoms with Gasteiger partial charge in [0.25, 0.3) is 0 Å². The van der Waals surface area contributed by atoms with Crippen LogP contribution in [0.4, 0.5) is 4.39 Å². The van der Waals surface area contributed by atoms with Gasteiger partial charge in [-0.3, -0.25) is 9.98 Å². The molecule has 6 nitrogen and oxygen atoms in total. The third-order valence-electron chi connectivity index (χ3n) is 3.17. The van der Waals surface area contributed by atoms with Gasteiger partial charge in [0.15, 0.2) is 18.1 Å². The van der Waals surface area contributed by atoms with Crippen LogP contribution in [0.25, 0.3) is 0 Å². The minimum absolute atomic E-state index is 0.105. The van der Waals surface area contributed by atoms with Crippen LogP contribution in [-0.4, -0.2) is 21.6 Å². The summed E-state index contributed by atoms with van der Waals surface area (Å²) in [5, 5.41) is 0. The highest BCUT2D eigenvalue weighted by molar-refractivity contribution is 6.09. The van der Waals surface area contributed by atoms with Crippen LogP contribution < -0.4 is 5.73 Å². The van der Waals surface area contributed by atoms with Gasteiger partial charge in [0.1, 0.15) is 23.5 Å². The number of nitrogens with zero attached hydrogens (tertiary/aromatic N) is 4. The fraction of sp³-hybridized carbons (Fsp3) is 0.0588. The smallest absolute Gasteiger partial charge is 0.181 e. The minimum atomic E-state index is -0.331. The van der Waals surface area contributed by atoms with Crippen molar-refractivity contribution in [1.82, 2.24) is 9.97 Å². The van der Waals surface area contributed by atoms with Crippen LogP contribution in [0.1, 0.15) is 17.0 Å². The average Bonchev–Trinajstić information content (AvgIpc) is 3.15. The van der Waals surface area contributed by atoms with Gasteiger partial charge in [-0.2, -0.15) is 0 Å². The molecule has 0 aliphatic heterocycles. The van der Waals surface area contributed by atoms with Crippen molar-refractivity contribution in [3.05, 3.63) is 84.1 Å². The summed E-state index contributed by atoms with van der Waals surface area (Å²) in [6.07, 6.45) is 4.28. The summed E-state index contributed by atoms with van der Waals surface area (Å²) in [5.41, 5.74) is 7.35. The number of halogens is 1. The number of hydrogen-bond donors (Lipinski definition) is 1. The first-order valence-electron chi connectivity index (χ1n) is 7.16. The zero-order valence-electron chi connectivity index (χ0n) is 12.6. The number of pyridine rings is 1. The number of rotatable bonds is 4. The molecule has 0 aliphatic rings. The molecule has 3 aromatic rings. The number of aromatic nitrogens is 2. The van der Waals surface area contributed by atoms with Gasteiger partial charge in [0.05, 0.1) is 6.54 Å². The molecule has 2 N–H and O–H groups in total. The largest absolute Gasteiger partial charge is 0.451 e. The van der Waals surface area contributed by atoms with E-state index in [0.29, 0.717) is 17.0 Å². The van der Waals surface area contributed by atoms with Gasteiger partial charge in [-0.1, -0.05) is 24.3 Å². The van der Waals surface area contributed by atoms with E-state index in [1.807, 2.05) is 0 Å². The van der Waals surface area contributed by atoms with Crippen molar-refractivity contribution in [2.24, 2.45) is 15.7 Å². The van der Waals surface area contributed by atoms with E-state index in [4.69, 9.17) is 10.2 Å². The van der Waals surface area contributed by atoms with Crippen LogP contribution in [0.15, 0.2) is 75.7 Å². The molecule has 0 bridgehead atoms. The molecule has 0 saturated carbocycles. The fourth-order valence-corrected chi connectivity index (χ4v) is 1.97. The molecule has 0 unspecified atom stereocenters. The van der Waals surface area contributed by atoms with Crippen LogP contribution in [0, 0.1) is 5.82 Å². The lowest BCUT2D eigenvalue weighted by Crippen LogP contribution is -2.18. The van der Waals surface area contributed by atoms with E-state index >= 15 is 0 Å². The first-order valence-corrected chi connectivity index (χ1v) is 7.16. The normalized spacial score (nSPS) is 12.4. The molecule has 0 aliphatic carbocycles. The van der Waals surface area contributed by atoms with Gasteiger partial charge in [0.2, 0.25) is 0 Å². The molecule has 2 aromatic heterocycles. The van der Waals surface area contributed by atoms with Crippen molar-refractivity contribution in [2.45, 2.75) is 6.54 Å². The number of hydrogen-bond acceptors (Lipinski definition) is 4. The van der Waals surface area contributed by atoms with E-state index in [-0.39, 0.29) is 24.0 Å². The van der Waals surface area contributed by atoms with Crippen molar-refractivity contribution >= 4 is 11.7 Å². The Morgan fingerprint density at radius 2 is 1.92 bits per heavy atom. The van der Waals surface area contributed by atoms with E-state index in [0.717, 1.165) is 0 Å². The molecule has 7 heteroatoms. The Kier molecular flexibility index (Phi) is 4.71. The maximum Gasteiger partial charge on any atom is 0.181 e. The van der Waals surface area contributed by atoms with Crippen LogP contribution in [-0.2, 0) is 6.54 Å². The van der Waals surface area contributed by atoms with Crippen molar-refractivity contribution < 1.29 is 8.81 Å². The summed E-state index contributed by atoms with van der Waals surface area (Å²) < 4.78 is 18.7. The summed E-state index contributed by atoms with van der Waals surface area (Å²) in [7, 11) is 0. The predicted molar refractivity (Wildman–Crippen MR) is 88.1 cm³/mol. The first kappa shape index (κ1) is 15.5. The molecule has 0 radical (unpaired) electrons. The Bertz CT molecular complexity index is 860. The Labute approximate surface area is 137 Å². The molecular formula is C17H14FN5O. The molecule has 0 atom stereocenters. The van der Waals surface area contributed by atoms with Crippen LogP contribution in [0.3, 0.4) is 0 Å². The highest BCUT2D eigenvalue weighted by Gasteiger charge is 2.09. The van der Waals surface area contributed by atoms with Gasteiger partial charge in [-0.05, 0) is 18.2 Å². The van der Waals surface area contributed by atoms with Crippen LogP contribution in [0.2, 0.25) is 0 Å². The average molecular weight is 323 g/mol. The van der Waals surface area contributed by atoms with Crippen LogP contribution >= 0.6 is 0 Å². The molecule has 0 fully saturated rings. The van der Waals surface area contributed by atoms with Crippen molar-refractivity contribution in [1.29, 1.82) is 0 Å². The van der Waals surface area contributed by atoms with Crippen molar-refractivity contribution in [2.75, 3.05) is 0 Å². The summed E-state index contributed by atoms with van der Waals surface area (Å²) in [4.78, 5) is 16.7. The van der Waals surface area contributed by atoms with Crippen molar-refractivity contribution in [3.8, 4) is 0 Å². The lowest BCUT2D eigenvalue weighted by Gasteiger charge is -2.03. The summed E-state index contributed by atoms with van der Waals surface area (Å²) in [5.74, 6) is 0.100. The van der Waals surface area contributed by atoms with E-state index in [2.05, 4.69) is 20.0 Å². The SMILES string of the molecule is NC(=NC(=NCc1ccccc1F)c1cocn1)c1ccccn1. The first-order chi connectivity index (χ1) is 11.7. The second kappa shape index (κ2) is 7.28. The maximum atomic E-state index is 13.7. The summed E-state index contributed by atoms with van der Waals surface area (Å²) >= 11 is 0. The quantitative estimate of drug-likeness (QED) is 0.590. The standard InChI is InChI=1S/C17H14FN5O/c18-13-6-2-1-5-12(13)9-21-17(15-10-24-11-22-15)23-16(19)14-7-3-4-8-20-14/h1-8,10-11H,9H2,(H2,19,21,23). The molecule has 2 heterocycles. The van der Waals surface area contributed by atoms with Gasteiger partial charge in [-0.25, -0.2) is 14.4 Å².